The standard InChI is InChI=1S/C6H6BrNO2S.C2H6/c1-2-10-5(9)4-3-8-6(7)11-4;1-2/h3H,2H2,1H3;1-2H3. The molecule has 0 unspecified atom stereocenters. The smallest absolute Gasteiger partial charge is 0.349 e. The van der Waals surface area contributed by atoms with Gasteiger partial charge in [-0.15, -0.1) is 11.3 Å². The Kier molecular flexibility index (Phi) is 6.80. The molecule has 1 aromatic heterocycles. The molecule has 13 heavy (non-hydrogen) atoms. The maximum atomic E-state index is 11.0. The molecule has 0 bridgehead atoms. The first kappa shape index (κ1) is 12.6. The number of carbonyl (C=O) groups is 1. The van der Waals surface area contributed by atoms with Crippen LogP contribution in [0.25, 0.3) is 0 Å². The van der Waals surface area contributed by atoms with Gasteiger partial charge < -0.3 is 4.74 Å². The van der Waals surface area contributed by atoms with Gasteiger partial charge in [0.15, 0.2) is 3.92 Å². The normalized spacial score (nSPS) is 8.62. The molecule has 0 amide bonds. The number of ether oxygens (including phenoxy) is 1. The predicted molar refractivity (Wildman–Crippen MR) is 57.1 cm³/mol. The van der Waals surface area contributed by atoms with Crippen LogP contribution in [0.1, 0.15) is 30.4 Å². The Hall–Kier alpha value is -0.420. The fraction of sp³-hybridized carbons (Fsp3) is 0.500. The van der Waals surface area contributed by atoms with Gasteiger partial charge >= 0.3 is 5.97 Å². The first-order valence-electron chi connectivity index (χ1n) is 4.02. The minimum atomic E-state index is -0.310. The van der Waals surface area contributed by atoms with E-state index in [0.29, 0.717) is 15.4 Å². The van der Waals surface area contributed by atoms with Gasteiger partial charge in [-0.1, -0.05) is 13.8 Å². The molecule has 0 radical (unpaired) electrons. The highest BCUT2D eigenvalue weighted by atomic mass is 79.9. The van der Waals surface area contributed by atoms with Gasteiger partial charge in [0.1, 0.15) is 4.88 Å². The zero-order chi connectivity index (χ0) is 10.3. The molecule has 1 heterocycles. The number of hydrogen-bond donors (Lipinski definition) is 0. The average molecular weight is 266 g/mol. The third kappa shape index (κ3) is 4.38. The van der Waals surface area contributed by atoms with Gasteiger partial charge in [0.05, 0.1) is 12.8 Å². The van der Waals surface area contributed by atoms with Gasteiger partial charge in [0, 0.05) is 0 Å². The van der Waals surface area contributed by atoms with Crippen molar-refractivity contribution in [3.8, 4) is 0 Å². The van der Waals surface area contributed by atoms with Crippen LogP contribution in [-0.4, -0.2) is 17.6 Å². The lowest BCUT2D eigenvalue weighted by atomic mass is 10.6. The van der Waals surface area contributed by atoms with Crippen molar-refractivity contribution in [3.05, 3.63) is 15.0 Å². The minimum Gasteiger partial charge on any atom is -0.462 e. The molecule has 5 heteroatoms. The van der Waals surface area contributed by atoms with Crippen molar-refractivity contribution in [3.63, 3.8) is 0 Å². The maximum absolute atomic E-state index is 11.0. The van der Waals surface area contributed by atoms with Crippen molar-refractivity contribution >= 4 is 33.2 Å². The van der Waals surface area contributed by atoms with E-state index in [2.05, 4.69) is 20.9 Å². The number of hydrogen-bond acceptors (Lipinski definition) is 4. The van der Waals surface area contributed by atoms with Crippen LogP contribution in [0.4, 0.5) is 0 Å². The van der Waals surface area contributed by atoms with Crippen LogP contribution in [0.3, 0.4) is 0 Å². The van der Waals surface area contributed by atoms with E-state index in [1.54, 1.807) is 6.92 Å². The minimum absolute atomic E-state index is 0.310. The molecule has 0 saturated heterocycles. The lowest BCUT2D eigenvalue weighted by molar-refractivity contribution is 0.0532. The van der Waals surface area contributed by atoms with Crippen molar-refractivity contribution in [2.45, 2.75) is 20.8 Å². The Morgan fingerprint density at radius 2 is 2.31 bits per heavy atom. The second-order valence-corrected chi connectivity index (χ2v) is 4.00. The number of esters is 1. The van der Waals surface area contributed by atoms with E-state index >= 15 is 0 Å². The molecule has 0 saturated carbocycles. The van der Waals surface area contributed by atoms with Crippen molar-refractivity contribution in [2.24, 2.45) is 0 Å². The summed E-state index contributed by atoms with van der Waals surface area (Å²) in [4.78, 5) is 15.4. The lowest BCUT2D eigenvalue weighted by Crippen LogP contribution is -2.01. The Labute approximate surface area is 90.3 Å². The Morgan fingerprint density at radius 3 is 2.69 bits per heavy atom. The van der Waals surface area contributed by atoms with Gasteiger partial charge in [0.2, 0.25) is 0 Å². The first-order valence-corrected chi connectivity index (χ1v) is 5.63. The highest BCUT2D eigenvalue weighted by Crippen LogP contribution is 2.18. The molecule has 1 rings (SSSR count). The van der Waals surface area contributed by atoms with E-state index in [9.17, 15) is 4.79 Å². The lowest BCUT2D eigenvalue weighted by Gasteiger charge is -1.95. The second kappa shape index (κ2) is 7.03. The Bertz CT molecular complexity index is 262. The number of halogens is 1. The monoisotopic (exact) mass is 265 g/mol. The molecule has 0 atom stereocenters. The highest BCUT2D eigenvalue weighted by Gasteiger charge is 2.09. The molecule has 0 aliphatic heterocycles. The van der Waals surface area contributed by atoms with Crippen molar-refractivity contribution < 1.29 is 9.53 Å². The number of rotatable bonds is 2. The van der Waals surface area contributed by atoms with E-state index in [1.165, 1.54) is 17.5 Å². The highest BCUT2D eigenvalue weighted by molar-refractivity contribution is 9.11. The quantitative estimate of drug-likeness (QED) is 0.772. The molecule has 0 aliphatic carbocycles. The fourth-order valence-electron chi connectivity index (χ4n) is 0.549. The van der Waals surface area contributed by atoms with E-state index in [1.807, 2.05) is 13.8 Å². The second-order valence-electron chi connectivity index (χ2n) is 1.70. The summed E-state index contributed by atoms with van der Waals surface area (Å²) in [6.07, 6.45) is 1.49. The van der Waals surface area contributed by atoms with Gasteiger partial charge in [0.25, 0.3) is 0 Å². The molecular weight excluding hydrogens is 254 g/mol. The third-order valence-corrected chi connectivity index (χ3v) is 2.41. The molecule has 0 fully saturated rings. The molecule has 1 aromatic rings. The van der Waals surface area contributed by atoms with E-state index < -0.39 is 0 Å². The van der Waals surface area contributed by atoms with Crippen molar-refractivity contribution in [1.82, 2.24) is 4.98 Å². The van der Waals surface area contributed by atoms with Gasteiger partial charge in [-0.05, 0) is 22.9 Å². The number of aromatic nitrogens is 1. The van der Waals surface area contributed by atoms with Crippen LogP contribution >= 0.6 is 27.3 Å². The van der Waals surface area contributed by atoms with Gasteiger partial charge in [-0.3, -0.25) is 0 Å². The Balaban J connectivity index is 0.000000671. The molecule has 0 aliphatic rings. The van der Waals surface area contributed by atoms with E-state index in [0.717, 1.165) is 0 Å². The maximum Gasteiger partial charge on any atom is 0.349 e. The fourth-order valence-corrected chi connectivity index (χ4v) is 1.71. The summed E-state index contributed by atoms with van der Waals surface area (Å²) in [6.45, 7) is 6.17. The van der Waals surface area contributed by atoms with Crippen LogP contribution in [0.2, 0.25) is 0 Å². The van der Waals surface area contributed by atoms with Crippen LogP contribution < -0.4 is 0 Å². The number of carbonyl (C=O) groups excluding carboxylic acids is 1. The number of thiazole rings is 1. The summed E-state index contributed by atoms with van der Waals surface area (Å²) in [7, 11) is 0. The summed E-state index contributed by atoms with van der Waals surface area (Å²) >= 11 is 4.42. The molecule has 0 aromatic carbocycles. The summed E-state index contributed by atoms with van der Waals surface area (Å²) in [5.74, 6) is -0.310. The zero-order valence-electron chi connectivity index (χ0n) is 7.83. The summed E-state index contributed by atoms with van der Waals surface area (Å²) in [6, 6.07) is 0. The van der Waals surface area contributed by atoms with E-state index in [4.69, 9.17) is 4.74 Å². The molecule has 74 valence electrons. The van der Waals surface area contributed by atoms with Crippen LogP contribution in [0.15, 0.2) is 10.1 Å². The van der Waals surface area contributed by atoms with Gasteiger partial charge in [-0.2, -0.15) is 0 Å². The Morgan fingerprint density at radius 1 is 1.69 bits per heavy atom. The molecule has 0 spiro atoms. The zero-order valence-corrected chi connectivity index (χ0v) is 10.2. The largest absolute Gasteiger partial charge is 0.462 e. The molecule has 3 nitrogen and oxygen atoms in total. The van der Waals surface area contributed by atoms with Crippen LogP contribution in [0, 0.1) is 0 Å². The topological polar surface area (TPSA) is 39.2 Å². The summed E-state index contributed by atoms with van der Waals surface area (Å²) < 4.78 is 5.45. The van der Waals surface area contributed by atoms with Crippen molar-refractivity contribution in [1.29, 1.82) is 0 Å². The number of nitrogens with zero attached hydrogens (tertiary/aromatic N) is 1. The average Bonchev–Trinajstić information content (AvgIpc) is 2.56. The van der Waals surface area contributed by atoms with Crippen molar-refractivity contribution in [2.75, 3.05) is 6.61 Å². The SMILES string of the molecule is CC.CCOC(=O)c1cnc(Br)s1. The van der Waals surface area contributed by atoms with E-state index in [-0.39, 0.29) is 5.97 Å². The molecule has 0 N–H and O–H groups in total. The van der Waals surface area contributed by atoms with Gasteiger partial charge in [-0.25, -0.2) is 9.78 Å². The third-order valence-electron chi connectivity index (χ3n) is 0.954. The molecular formula is C8H12BrNO2S. The predicted octanol–water partition coefficient (Wildman–Crippen LogP) is 3.11. The van der Waals surface area contributed by atoms with Crippen LogP contribution in [-0.2, 0) is 4.74 Å². The summed E-state index contributed by atoms with van der Waals surface area (Å²) in [5.41, 5.74) is 0. The van der Waals surface area contributed by atoms with Crippen LogP contribution in [0.5, 0.6) is 0 Å². The summed E-state index contributed by atoms with van der Waals surface area (Å²) in [5, 5.41) is 0. The first-order chi connectivity index (χ1) is 6.24.